The quantitative estimate of drug-likeness (QED) is 0.382. The number of fused-ring (bicyclic) bond motifs is 1. The number of rotatable bonds is 7. The van der Waals surface area contributed by atoms with Gasteiger partial charge in [-0.2, -0.15) is 0 Å². The minimum Gasteiger partial charge on any atom is -0.493 e. The third-order valence-corrected chi connectivity index (χ3v) is 6.86. The van der Waals surface area contributed by atoms with Gasteiger partial charge in [0.05, 0.1) is 45.2 Å². The number of anilines is 1. The molecule has 1 atom stereocenters. The number of benzene rings is 3. The van der Waals surface area contributed by atoms with Crippen LogP contribution in [0.4, 0.5) is 10.5 Å². The van der Waals surface area contributed by atoms with Crippen LogP contribution in [0.5, 0.6) is 23.0 Å². The van der Waals surface area contributed by atoms with Gasteiger partial charge in [-0.25, -0.2) is 4.79 Å². The number of carbonyl (C=O) groups excluding carboxylic acids is 1. The van der Waals surface area contributed by atoms with E-state index in [1.807, 2.05) is 35.2 Å². The molecule has 1 aliphatic heterocycles. The molecule has 0 fully saturated rings. The van der Waals surface area contributed by atoms with Gasteiger partial charge in [0.1, 0.15) is 0 Å². The molecule has 2 amide bonds. The summed E-state index contributed by atoms with van der Waals surface area (Å²) >= 11 is 12.3. The van der Waals surface area contributed by atoms with Crippen LogP contribution in [-0.2, 0) is 12.8 Å². The molecule has 0 spiro atoms. The summed E-state index contributed by atoms with van der Waals surface area (Å²) in [7, 11) is 6.42. The van der Waals surface area contributed by atoms with Crippen molar-refractivity contribution in [3.05, 3.63) is 75.3 Å². The van der Waals surface area contributed by atoms with E-state index in [0.29, 0.717) is 58.1 Å². The van der Waals surface area contributed by atoms with Gasteiger partial charge in [-0.3, -0.25) is 0 Å². The molecule has 4 rings (SSSR count). The van der Waals surface area contributed by atoms with Crippen molar-refractivity contribution in [2.24, 2.45) is 0 Å². The second kappa shape index (κ2) is 11.2. The predicted octanol–water partition coefficient (Wildman–Crippen LogP) is 6.40. The van der Waals surface area contributed by atoms with E-state index in [-0.39, 0.29) is 12.1 Å². The fourth-order valence-corrected chi connectivity index (χ4v) is 4.96. The van der Waals surface area contributed by atoms with Gasteiger partial charge in [-0.05, 0) is 72.0 Å². The van der Waals surface area contributed by atoms with Gasteiger partial charge in [-0.1, -0.05) is 29.3 Å². The molecular weight excluding hydrogens is 503 g/mol. The highest BCUT2D eigenvalue weighted by molar-refractivity contribution is 6.36. The van der Waals surface area contributed by atoms with Crippen LogP contribution in [0.25, 0.3) is 0 Å². The summed E-state index contributed by atoms with van der Waals surface area (Å²) in [6, 6.07) is 14.2. The first-order valence-electron chi connectivity index (χ1n) is 11.4. The average Bonchev–Trinajstić information content (AvgIpc) is 2.89. The number of ether oxygens (including phenoxy) is 4. The van der Waals surface area contributed by atoms with E-state index < -0.39 is 0 Å². The number of halogens is 2. The Hall–Kier alpha value is -3.29. The first-order valence-corrected chi connectivity index (χ1v) is 12.1. The van der Waals surface area contributed by atoms with Crippen molar-refractivity contribution < 1.29 is 23.7 Å². The second-order valence-electron chi connectivity index (χ2n) is 8.31. The van der Waals surface area contributed by atoms with Crippen LogP contribution >= 0.6 is 23.2 Å². The predicted molar refractivity (Wildman–Crippen MR) is 141 cm³/mol. The number of urea groups is 1. The maximum Gasteiger partial charge on any atom is 0.322 e. The zero-order chi connectivity index (χ0) is 25.8. The lowest BCUT2D eigenvalue weighted by molar-refractivity contribution is 0.181. The lowest BCUT2D eigenvalue weighted by Crippen LogP contribution is -2.43. The first-order chi connectivity index (χ1) is 17.4. The van der Waals surface area contributed by atoms with E-state index in [0.717, 1.165) is 16.7 Å². The molecule has 0 aliphatic carbocycles. The molecule has 3 aromatic rings. The lowest BCUT2D eigenvalue weighted by Gasteiger charge is -2.38. The highest BCUT2D eigenvalue weighted by atomic mass is 35.5. The summed E-state index contributed by atoms with van der Waals surface area (Å²) in [5.41, 5.74) is 3.58. The van der Waals surface area contributed by atoms with Gasteiger partial charge in [0.2, 0.25) is 0 Å². The monoisotopic (exact) mass is 530 g/mol. The van der Waals surface area contributed by atoms with Crippen molar-refractivity contribution in [1.82, 2.24) is 4.90 Å². The molecule has 9 heteroatoms. The van der Waals surface area contributed by atoms with Gasteiger partial charge in [0.25, 0.3) is 0 Å². The smallest absolute Gasteiger partial charge is 0.322 e. The Balaban J connectivity index is 1.73. The number of nitrogens with zero attached hydrogens (tertiary/aromatic N) is 1. The number of hydrogen-bond donors (Lipinski definition) is 1. The normalized spacial score (nSPS) is 14.6. The maximum atomic E-state index is 13.5. The third-order valence-electron chi connectivity index (χ3n) is 6.31. The van der Waals surface area contributed by atoms with Crippen LogP contribution < -0.4 is 24.3 Å². The third kappa shape index (κ3) is 5.27. The average molecular weight is 531 g/mol. The van der Waals surface area contributed by atoms with E-state index in [2.05, 4.69) is 5.32 Å². The van der Waals surface area contributed by atoms with Gasteiger partial charge in [0.15, 0.2) is 23.0 Å². The lowest BCUT2D eigenvalue weighted by atomic mass is 9.88. The molecule has 36 heavy (non-hydrogen) atoms. The van der Waals surface area contributed by atoms with Gasteiger partial charge in [-0.15, -0.1) is 0 Å². The zero-order valence-corrected chi connectivity index (χ0v) is 22.1. The molecule has 190 valence electrons. The molecule has 1 unspecified atom stereocenters. The van der Waals surface area contributed by atoms with E-state index in [4.69, 9.17) is 42.1 Å². The highest BCUT2D eigenvalue weighted by Gasteiger charge is 2.33. The van der Waals surface area contributed by atoms with Crippen LogP contribution in [0.2, 0.25) is 10.0 Å². The Morgan fingerprint density at radius 3 is 2.22 bits per heavy atom. The van der Waals surface area contributed by atoms with Crippen LogP contribution in [-0.4, -0.2) is 45.9 Å². The number of hydrogen-bond acceptors (Lipinski definition) is 5. The molecule has 1 heterocycles. The van der Waals surface area contributed by atoms with Gasteiger partial charge < -0.3 is 29.2 Å². The van der Waals surface area contributed by atoms with Crippen molar-refractivity contribution in [3.8, 4) is 23.0 Å². The standard InChI is InChI=1S/C27H28Cl2N2O5/c1-33-23-8-5-16(12-24(23)34-2)11-22-19-15-26(36-4)25(35-3)13-17(19)9-10-31(22)27(32)30-21-7-6-18(28)14-20(21)29/h5-8,12-15,22H,9-11H2,1-4H3,(H,30,32). The van der Waals surface area contributed by atoms with E-state index in [1.165, 1.54) is 0 Å². The first kappa shape index (κ1) is 25.8. The largest absolute Gasteiger partial charge is 0.493 e. The van der Waals surface area contributed by atoms with Crippen LogP contribution in [0.1, 0.15) is 22.7 Å². The van der Waals surface area contributed by atoms with Crippen molar-refractivity contribution in [3.63, 3.8) is 0 Å². The Morgan fingerprint density at radius 1 is 0.889 bits per heavy atom. The molecular formula is C27H28Cl2N2O5. The molecule has 0 saturated carbocycles. The zero-order valence-electron chi connectivity index (χ0n) is 20.6. The Morgan fingerprint density at radius 2 is 1.56 bits per heavy atom. The molecule has 0 radical (unpaired) electrons. The summed E-state index contributed by atoms with van der Waals surface area (Å²) in [4.78, 5) is 15.4. The van der Waals surface area contributed by atoms with E-state index in [1.54, 1.807) is 46.6 Å². The molecule has 1 aliphatic rings. The summed E-state index contributed by atoms with van der Waals surface area (Å²) in [5.74, 6) is 2.54. The summed E-state index contributed by atoms with van der Waals surface area (Å²) in [6.45, 7) is 0.511. The van der Waals surface area contributed by atoms with Crippen molar-refractivity contribution in [2.45, 2.75) is 18.9 Å². The molecule has 3 aromatic carbocycles. The van der Waals surface area contributed by atoms with Crippen molar-refractivity contribution in [1.29, 1.82) is 0 Å². The second-order valence-corrected chi connectivity index (χ2v) is 9.16. The van der Waals surface area contributed by atoms with Crippen LogP contribution in [0.15, 0.2) is 48.5 Å². The van der Waals surface area contributed by atoms with E-state index >= 15 is 0 Å². The van der Waals surface area contributed by atoms with Gasteiger partial charge >= 0.3 is 6.03 Å². The maximum absolute atomic E-state index is 13.5. The van der Waals surface area contributed by atoms with Gasteiger partial charge in [0, 0.05) is 11.6 Å². The topological polar surface area (TPSA) is 69.3 Å². The summed E-state index contributed by atoms with van der Waals surface area (Å²) in [5, 5.41) is 3.81. The Bertz CT molecular complexity index is 1270. The minimum absolute atomic E-state index is 0.259. The Labute approximate surface area is 220 Å². The van der Waals surface area contributed by atoms with E-state index in [9.17, 15) is 4.79 Å². The molecule has 1 N–H and O–H groups in total. The molecule has 0 bridgehead atoms. The molecule has 0 aromatic heterocycles. The number of nitrogens with one attached hydrogen (secondary N) is 1. The molecule has 0 saturated heterocycles. The van der Waals surface area contributed by atoms with Crippen molar-refractivity contribution >= 4 is 34.9 Å². The summed E-state index contributed by atoms with van der Waals surface area (Å²) < 4.78 is 22.0. The SMILES string of the molecule is COc1ccc(CC2c3cc(OC)c(OC)cc3CCN2C(=O)Nc2ccc(Cl)cc2Cl)cc1OC. The van der Waals surface area contributed by atoms with Crippen LogP contribution in [0.3, 0.4) is 0 Å². The summed E-state index contributed by atoms with van der Waals surface area (Å²) in [6.07, 6.45) is 1.21. The molecule has 7 nitrogen and oxygen atoms in total. The fourth-order valence-electron chi connectivity index (χ4n) is 4.50. The fraction of sp³-hybridized carbons (Fsp3) is 0.296. The minimum atomic E-state index is -0.280. The van der Waals surface area contributed by atoms with Crippen molar-refractivity contribution in [2.75, 3.05) is 40.3 Å². The number of methoxy groups -OCH3 is 4. The Kier molecular flexibility index (Phi) is 8.01. The number of carbonyl (C=O) groups is 1. The highest BCUT2D eigenvalue weighted by Crippen LogP contribution is 2.41. The van der Waals surface area contributed by atoms with Crippen LogP contribution in [0, 0.1) is 0 Å². The number of amides is 2.